The van der Waals surface area contributed by atoms with Crippen molar-refractivity contribution in [2.24, 2.45) is 11.8 Å². The van der Waals surface area contributed by atoms with Crippen molar-refractivity contribution in [1.82, 2.24) is 0 Å². The standard InChI is InChI=1S/C31H33F5O.CH4/c1-2-3-4-21-5-7-22(8-6-21)9-10-23-11-13-24(14-12-23)27-19-20-28(32)29(33)30(27)37-26-17-15-25(16-18-26)31(34,35)36;/h11-22H,2-10H2,1H3;1H4. The van der Waals surface area contributed by atoms with E-state index in [-0.39, 0.29) is 18.9 Å². The molecule has 3 aromatic rings. The van der Waals surface area contributed by atoms with Crippen molar-refractivity contribution >= 4 is 0 Å². The van der Waals surface area contributed by atoms with Gasteiger partial charge in [-0.2, -0.15) is 17.6 Å². The first kappa shape index (κ1) is 29.7. The average Bonchev–Trinajstić information content (AvgIpc) is 2.90. The first-order chi connectivity index (χ1) is 17.7. The number of alkyl halides is 3. The number of rotatable bonds is 9. The minimum absolute atomic E-state index is 0. The maximum atomic E-state index is 14.7. The van der Waals surface area contributed by atoms with Crippen LogP contribution in [0.4, 0.5) is 22.0 Å². The number of halogens is 5. The fraction of sp³-hybridized carbons (Fsp3) is 0.438. The minimum atomic E-state index is -4.50. The Hall–Kier alpha value is -2.89. The molecule has 0 radical (unpaired) electrons. The molecule has 0 bridgehead atoms. The Bertz CT molecular complexity index is 1140. The molecule has 0 aromatic heterocycles. The van der Waals surface area contributed by atoms with Gasteiger partial charge in [0, 0.05) is 5.56 Å². The van der Waals surface area contributed by atoms with Gasteiger partial charge in [-0.05, 0) is 72.2 Å². The monoisotopic (exact) mass is 532 g/mol. The number of hydrogen-bond acceptors (Lipinski definition) is 1. The minimum Gasteiger partial charge on any atom is -0.454 e. The van der Waals surface area contributed by atoms with Crippen molar-refractivity contribution in [3.05, 3.63) is 83.4 Å². The van der Waals surface area contributed by atoms with Crippen LogP contribution >= 0.6 is 0 Å². The van der Waals surface area contributed by atoms with Gasteiger partial charge >= 0.3 is 6.18 Å². The third-order valence-electron chi connectivity index (χ3n) is 7.49. The summed E-state index contributed by atoms with van der Waals surface area (Å²) in [5, 5.41) is 0. The van der Waals surface area contributed by atoms with Gasteiger partial charge in [0.2, 0.25) is 5.82 Å². The molecule has 1 aliphatic carbocycles. The molecular weight excluding hydrogens is 495 g/mol. The highest BCUT2D eigenvalue weighted by atomic mass is 19.4. The van der Waals surface area contributed by atoms with Crippen LogP contribution in [0.1, 0.15) is 76.8 Å². The number of ether oxygens (including phenoxy) is 1. The number of unbranched alkanes of at least 4 members (excludes halogenated alkanes) is 1. The van der Waals surface area contributed by atoms with Crippen LogP contribution in [0, 0.1) is 23.5 Å². The second kappa shape index (κ2) is 13.3. The highest BCUT2D eigenvalue weighted by Crippen LogP contribution is 2.39. The van der Waals surface area contributed by atoms with E-state index < -0.39 is 23.4 Å². The largest absolute Gasteiger partial charge is 0.454 e. The van der Waals surface area contributed by atoms with Gasteiger partial charge in [0.15, 0.2) is 11.6 Å². The lowest BCUT2D eigenvalue weighted by Gasteiger charge is -2.28. The van der Waals surface area contributed by atoms with Crippen molar-refractivity contribution in [2.45, 2.75) is 78.3 Å². The van der Waals surface area contributed by atoms with Gasteiger partial charge in [-0.25, -0.2) is 4.39 Å². The Kier molecular flexibility index (Phi) is 10.3. The topological polar surface area (TPSA) is 9.23 Å². The molecule has 1 aliphatic rings. The van der Waals surface area contributed by atoms with Crippen molar-refractivity contribution in [3.63, 3.8) is 0 Å². The van der Waals surface area contributed by atoms with E-state index in [0.29, 0.717) is 11.1 Å². The van der Waals surface area contributed by atoms with Gasteiger partial charge in [0.1, 0.15) is 5.75 Å². The molecule has 1 saturated carbocycles. The van der Waals surface area contributed by atoms with Gasteiger partial charge in [-0.3, -0.25) is 0 Å². The van der Waals surface area contributed by atoms with Gasteiger partial charge in [0.05, 0.1) is 5.56 Å². The first-order valence-electron chi connectivity index (χ1n) is 13.2. The van der Waals surface area contributed by atoms with Crippen molar-refractivity contribution in [3.8, 4) is 22.6 Å². The second-order valence-electron chi connectivity index (χ2n) is 10.1. The normalized spacial score (nSPS) is 17.6. The van der Waals surface area contributed by atoms with Crippen LogP contribution in [0.5, 0.6) is 11.5 Å². The summed E-state index contributed by atoms with van der Waals surface area (Å²) in [5.74, 6) is -0.993. The molecule has 0 heterocycles. The molecule has 0 spiro atoms. The summed E-state index contributed by atoms with van der Waals surface area (Å²) >= 11 is 0. The van der Waals surface area contributed by atoms with Crippen molar-refractivity contribution in [1.29, 1.82) is 0 Å². The van der Waals surface area contributed by atoms with Crippen LogP contribution in [0.2, 0.25) is 0 Å². The van der Waals surface area contributed by atoms with E-state index in [1.807, 2.05) is 24.3 Å². The molecule has 206 valence electrons. The third-order valence-corrected chi connectivity index (χ3v) is 7.49. The fourth-order valence-corrected chi connectivity index (χ4v) is 5.21. The van der Waals surface area contributed by atoms with Crippen LogP contribution in [0.15, 0.2) is 60.7 Å². The zero-order valence-electron chi connectivity index (χ0n) is 21.1. The van der Waals surface area contributed by atoms with Crippen LogP contribution in [0.25, 0.3) is 11.1 Å². The lowest BCUT2D eigenvalue weighted by atomic mass is 9.78. The maximum absolute atomic E-state index is 14.7. The molecule has 0 amide bonds. The van der Waals surface area contributed by atoms with Crippen LogP contribution in [0.3, 0.4) is 0 Å². The van der Waals surface area contributed by atoms with Gasteiger partial charge in [0.25, 0.3) is 0 Å². The molecule has 1 fully saturated rings. The van der Waals surface area contributed by atoms with E-state index in [1.54, 1.807) is 0 Å². The SMILES string of the molecule is C.CCCCC1CCC(CCc2ccc(-c3ccc(F)c(F)c3Oc3ccc(C(F)(F)F)cc3)cc2)CC1. The van der Waals surface area contributed by atoms with Crippen LogP contribution in [-0.4, -0.2) is 0 Å². The first-order valence-corrected chi connectivity index (χ1v) is 13.2. The molecular formula is C32H37F5O. The van der Waals surface area contributed by atoms with E-state index in [2.05, 4.69) is 6.92 Å². The maximum Gasteiger partial charge on any atom is 0.416 e. The Morgan fingerprint density at radius 3 is 1.97 bits per heavy atom. The summed E-state index contributed by atoms with van der Waals surface area (Å²) in [6.07, 6.45) is 6.84. The summed E-state index contributed by atoms with van der Waals surface area (Å²) in [4.78, 5) is 0. The van der Waals surface area contributed by atoms with Crippen molar-refractivity contribution < 1.29 is 26.7 Å². The number of benzene rings is 3. The molecule has 38 heavy (non-hydrogen) atoms. The smallest absolute Gasteiger partial charge is 0.416 e. The van der Waals surface area contributed by atoms with E-state index >= 15 is 0 Å². The van der Waals surface area contributed by atoms with E-state index in [9.17, 15) is 22.0 Å². The van der Waals surface area contributed by atoms with Gasteiger partial charge in [-0.1, -0.05) is 83.6 Å². The summed E-state index contributed by atoms with van der Waals surface area (Å²) in [5.41, 5.74) is 1.31. The molecule has 0 atom stereocenters. The zero-order valence-corrected chi connectivity index (χ0v) is 21.1. The van der Waals surface area contributed by atoms with E-state index in [1.165, 1.54) is 56.6 Å². The average molecular weight is 533 g/mol. The summed E-state index contributed by atoms with van der Waals surface area (Å²) in [6.45, 7) is 2.25. The zero-order chi connectivity index (χ0) is 26.4. The summed E-state index contributed by atoms with van der Waals surface area (Å²) < 4.78 is 72.8. The van der Waals surface area contributed by atoms with Crippen molar-refractivity contribution in [2.75, 3.05) is 0 Å². The van der Waals surface area contributed by atoms with Crippen LogP contribution < -0.4 is 4.74 Å². The summed E-state index contributed by atoms with van der Waals surface area (Å²) in [6, 6.07) is 14.0. The van der Waals surface area contributed by atoms with Gasteiger partial charge in [-0.15, -0.1) is 0 Å². The number of hydrogen-bond donors (Lipinski definition) is 0. The quantitative estimate of drug-likeness (QED) is 0.249. The highest BCUT2D eigenvalue weighted by molar-refractivity contribution is 5.71. The highest BCUT2D eigenvalue weighted by Gasteiger charge is 2.30. The predicted molar refractivity (Wildman–Crippen MR) is 143 cm³/mol. The molecule has 1 nitrogen and oxygen atoms in total. The third kappa shape index (κ3) is 7.58. The van der Waals surface area contributed by atoms with Crippen LogP contribution in [-0.2, 0) is 12.6 Å². The molecule has 0 unspecified atom stereocenters. The van der Waals surface area contributed by atoms with Gasteiger partial charge < -0.3 is 4.74 Å². The lowest BCUT2D eigenvalue weighted by Crippen LogP contribution is -2.15. The Labute approximate surface area is 223 Å². The molecule has 0 N–H and O–H groups in total. The van der Waals surface area contributed by atoms with E-state index in [0.717, 1.165) is 55.0 Å². The Morgan fingerprint density at radius 1 is 0.789 bits per heavy atom. The molecule has 6 heteroatoms. The summed E-state index contributed by atoms with van der Waals surface area (Å²) in [7, 11) is 0. The van der Waals surface area contributed by atoms with E-state index in [4.69, 9.17) is 4.74 Å². The predicted octanol–water partition coefficient (Wildman–Crippen LogP) is 11.0. The number of aryl methyl sites for hydroxylation is 1. The second-order valence-corrected chi connectivity index (χ2v) is 10.1. The Balaban J connectivity index is 0.00000400. The molecule has 0 aliphatic heterocycles. The Morgan fingerprint density at radius 2 is 1.39 bits per heavy atom. The molecule has 4 rings (SSSR count). The lowest BCUT2D eigenvalue weighted by molar-refractivity contribution is -0.137. The molecule has 3 aromatic carbocycles. The molecule has 0 saturated heterocycles. The fourth-order valence-electron chi connectivity index (χ4n) is 5.21.